The predicted molar refractivity (Wildman–Crippen MR) is 82.9 cm³/mol. The van der Waals surface area contributed by atoms with Crippen molar-refractivity contribution in [2.45, 2.75) is 45.1 Å². The summed E-state index contributed by atoms with van der Waals surface area (Å²) in [6.07, 6.45) is 9.29. The Bertz CT molecular complexity index is 559. The molecule has 1 aromatic rings. The summed E-state index contributed by atoms with van der Waals surface area (Å²) >= 11 is 1.48. The Morgan fingerprint density at radius 1 is 1.48 bits per heavy atom. The SMILES string of the molecule is CCN1C(=O)/C(=C\c2nccs2)OC1=NC1CCCCC1. The molecule has 1 aromatic heterocycles. The van der Waals surface area contributed by atoms with Crippen molar-refractivity contribution in [3.05, 3.63) is 22.3 Å². The summed E-state index contributed by atoms with van der Waals surface area (Å²) in [5.74, 6) is 0.198. The van der Waals surface area contributed by atoms with Crippen LogP contribution in [0.4, 0.5) is 0 Å². The minimum Gasteiger partial charge on any atom is -0.420 e. The zero-order chi connectivity index (χ0) is 14.7. The average Bonchev–Trinajstić information content (AvgIpc) is 3.10. The van der Waals surface area contributed by atoms with Crippen LogP contribution < -0.4 is 0 Å². The Morgan fingerprint density at radius 2 is 2.29 bits per heavy atom. The first-order valence-electron chi connectivity index (χ1n) is 7.46. The molecule has 0 N–H and O–H groups in total. The van der Waals surface area contributed by atoms with Crippen LogP contribution in [0.25, 0.3) is 6.08 Å². The molecule has 1 saturated carbocycles. The highest BCUT2D eigenvalue weighted by Crippen LogP contribution is 2.25. The van der Waals surface area contributed by atoms with Gasteiger partial charge in [-0.15, -0.1) is 11.3 Å². The maximum Gasteiger partial charge on any atom is 0.300 e. The third-order valence-corrected chi connectivity index (χ3v) is 4.50. The molecule has 112 valence electrons. The highest BCUT2D eigenvalue weighted by atomic mass is 32.1. The summed E-state index contributed by atoms with van der Waals surface area (Å²) in [6.45, 7) is 2.50. The quantitative estimate of drug-likeness (QED) is 0.807. The summed E-state index contributed by atoms with van der Waals surface area (Å²) in [7, 11) is 0. The minimum absolute atomic E-state index is 0.123. The molecule has 1 aliphatic heterocycles. The number of hydrogen-bond acceptors (Lipinski definition) is 5. The van der Waals surface area contributed by atoms with E-state index in [1.54, 1.807) is 17.2 Å². The van der Waals surface area contributed by atoms with Gasteiger partial charge in [-0.3, -0.25) is 9.69 Å². The summed E-state index contributed by atoms with van der Waals surface area (Å²) in [5.41, 5.74) is 0. The Balaban J connectivity index is 1.81. The van der Waals surface area contributed by atoms with E-state index in [1.165, 1.54) is 30.6 Å². The van der Waals surface area contributed by atoms with Crippen LogP contribution in [0.1, 0.15) is 44.0 Å². The fourth-order valence-corrected chi connectivity index (χ4v) is 3.23. The van der Waals surface area contributed by atoms with Gasteiger partial charge < -0.3 is 4.74 Å². The summed E-state index contributed by atoms with van der Waals surface area (Å²) in [4.78, 5) is 22.8. The molecular weight excluding hydrogens is 286 g/mol. The molecule has 3 rings (SSSR count). The average molecular weight is 305 g/mol. The van der Waals surface area contributed by atoms with Gasteiger partial charge >= 0.3 is 6.02 Å². The van der Waals surface area contributed by atoms with Crippen molar-refractivity contribution in [2.75, 3.05) is 6.54 Å². The van der Waals surface area contributed by atoms with Crippen LogP contribution in [0.15, 0.2) is 22.3 Å². The molecule has 0 atom stereocenters. The van der Waals surface area contributed by atoms with Gasteiger partial charge in [0.05, 0.1) is 6.04 Å². The summed E-state index contributed by atoms with van der Waals surface area (Å²) < 4.78 is 5.71. The molecule has 0 unspecified atom stereocenters. The van der Waals surface area contributed by atoms with E-state index in [0.29, 0.717) is 18.3 Å². The molecule has 1 amide bonds. The molecule has 1 saturated heterocycles. The van der Waals surface area contributed by atoms with Crippen molar-refractivity contribution in [3.8, 4) is 0 Å². The zero-order valence-corrected chi connectivity index (χ0v) is 12.9. The smallest absolute Gasteiger partial charge is 0.300 e. The Morgan fingerprint density at radius 3 is 2.95 bits per heavy atom. The van der Waals surface area contributed by atoms with Gasteiger partial charge in [0.2, 0.25) is 0 Å². The highest BCUT2D eigenvalue weighted by molar-refractivity contribution is 7.10. The molecule has 0 radical (unpaired) electrons. The lowest BCUT2D eigenvalue weighted by Gasteiger charge is -2.19. The van der Waals surface area contributed by atoms with Crippen molar-refractivity contribution in [3.63, 3.8) is 0 Å². The first-order valence-corrected chi connectivity index (χ1v) is 8.34. The second-order valence-corrected chi connectivity index (χ2v) is 6.16. The summed E-state index contributed by atoms with van der Waals surface area (Å²) in [6, 6.07) is 0.743. The second kappa shape index (κ2) is 6.39. The maximum absolute atomic E-state index is 12.3. The van der Waals surface area contributed by atoms with Crippen molar-refractivity contribution in [2.24, 2.45) is 4.99 Å². The standard InChI is InChI=1S/C15H19N3O2S/c1-2-18-14(19)12(10-13-16-8-9-21-13)20-15(18)17-11-6-4-3-5-7-11/h8-11H,2-7H2,1H3/b12-10+,17-15?. The second-order valence-electron chi connectivity index (χ2n) is 5.23. The van der Waals surface area contributed by atoms with Crippen molar-refractivity contribution < 1.29 is 9.53 Å². The molecule has 2 heterocycles. The number of carbonyl (C=O) groups is 1. The molecule has 6 heteroatoms. The Hall–Kier alpha value is -1.69. The number of nitrogens with zero attached hydrogens (tertiary/aromatic N) is 3. The Kier molecular flexibility index (Phi) is 4.34. The summed E-state index contributed by atoms with van der Waals surface area (Å²) in [5, 5.41) is 2.65. The number of ether oxygens (including phenoxy) is 1. The van der Waals surface area contributed by atoms with Crippen molar-refractivity contribution in [1.82, 2.24) is 9.88 Å². The first-order chi connectivity index (χ1) is 10.3. The number of rotatable bonds is 3. The van der Waals surface area contributed by atoms with Crippen LogP contribution >= 0.6 is 11.3 Å². The predicted octanol–water partition coefficient (Wildman–Crippen LogP) is 3.05. The number of carbonyl (C=O) groups excluding carboxylic acids is 1. The van der Waals surface area contributed by atoms with Gasteiger partial charge in [0.15, 0.2) is 5.76 Å². The normalized spacial score (nSPS) is 24.0. The van der Waals surface area contributed by atoms with Gasteiger partial charge in [0.25, 0.3) is 5.91 Å². The van der Waals surface area contributed by atoms with E-state index in [9.17, 15) is 4.79 Å². The number of aliphatic imine (C=N–C) groups is 1. The molecule has 0 spiro atoms. The lowest BCUT2D eigenvalue weighted by atomic mass is 9.96. The maximum atomic E-state index is 12.3. The minimum atomic E-state index is -0.123. The molecule has 0 aromatic carbocycles. The van der Waals surface area contributed by atoms with Gasteiger partial charge in [-0.25, -0.2) is 9.98 Å². The van der Waals surface area contributed by atoms with E-state index in [4.69, 9.17) is 4.74 Å². The number of hydrogen-bond donors (Lipinski definition) is 0. The van der Waals surface area contributed by atoms with Crippen molar-refractivity contribution in [1.29, 1.82) is 0 Å². The monoisotopic (exact) mass is 305 g/mol. The Labute approximate surface area is 128 Å². The molecular formula is C15H19N3O2S. The number of amidine groups is 1. The van der Waals surface area contributed by atoms with Crippen LogP contribution in [0, 0.1) is 0 Å². The zero-order valence-electron chi connectivity index (χ0n) is 12.1. The van der Waals surface area contributed by atoms with Gasteiger partial charge in [0, 0.05) is 24.2 Å². The van der Waals surface area contributed by atoms with Gasteiger partial charge in [0.1, 0.15) is 5.01 Å². The van der Waals surface area contributed by atoms with Crippen LogP contribution in [0.5, 0.6) is 0 Å². The molecule has 5 nitrogen and oxygen atoms in total. The van der Waals surface area contributed by atoms with Crippen molar-refractivity contribution >= 4 is 29.3 Å². The molecule has 21 heavy (non-hydrogen) atoms. The topological polar surface area (TPSA) is 54.8 Å². The molecule has 2 aliphatic rings. The number of amides is 1. The van der Waals surface area contributed by atoms with Crippen LogP contribution in [0.3, 0.4) is 0 Å². The lowest BCUT2D eigenvalue weighted by Crippen LogP contribution is -2.30. The van der Waals surface area contributed by atoms with Crippen LogP contribution in [-0.4, -0.2) is 34.4 Å². The van der Waals surface area contributed by atoms with Gasteiger partial charge in [-0.1, -0.05) is 19.3 Å². The number of likely N-dealkylation sites (N-methyl/N-ethyl adjacent to an activating group) is 1. The van der Waals surface area contributed by atoms with Crippen LogP contribution in [0.2, 0.25) is 0 Å². The first kappa shape index (κ1) is 14.3. The van der Waals surface area contributed by atoms with E-state index >= 15 is 0 Å². The third-order valence-electron chi connectivity index (χ3n) is 3.78. The lowest BCUT2D eigenvalue weighted by molar-refractivity contribution is -0.122. The largest absolute Gasteiger partial charge is 0.420 e. The highest BCUT2D eigenvalue weighted by Gasteiger charge is 2.34. The van der Waals surface area contributed by atoms with E-state index in [0.717, 1.165) is 17.8 Å². The van der Waals surface area contributed by atoms with E-state index < -0.39 is 0 Å². The molecule has 2 fully saturated rings. The van der Waals surface area contributed by atoms with E-state index in [-0.39, 0.29) is 11.9 Å². The number of thiazole rings is 1. The van der Waals surface area contributed by atoms with Gasteiger partial charge in [-0.2, -0.15) is 0 Å². The molecule has 0 bridgehead atoms. The fourth-order valence-electron chi connectivity index (χ4n) is 2.67. The number of aromatic nitrogens is 1. The third kappa shape index (κ3) is 3.15. The molecule has 1 aliphatic carbocycles. The van der Waals surface area contributed by atoms with E-state index in [1.807, 2.05) is 12.3 Å². The fraction of sp³-hybridized carbons (Fsp3) is 0.533. The van der Waals surface area contributed by atoms with E-state index in [2.05, 4.69) is 9.98 Å². The van der Waals surface area contributed by atoms with Crippen LogP contribution in [-0.2, 0) is 9.53 Å². The van der Waals surface area contributed by atoms with Gasteiger partial charge in [-0.05, 0) is 19.8 Å².